The Hall–Kier alpha value is -4.95. The average Bonchev–Trinajstić information content (AvgIpc) is 3.05. The minimum atomic E-state index is -0.499. The van der Waals surface area contributed by atoms with Crippen molar-refractivity contribution in [1.29, 1.82) is 0 Å². The van der Waals surface area contributed by atoms with Gasteiger partial charge in [-0.15, -0.1) is 0 Å². The van der Waals surface area contributed by atoms with Gasteiger partial charge in [0.2, 0.25) is 0 Å². The monoisotopic (exact) mass is 618 g/mol. The van der Waals surface area contributed by atoms with Gasteiger partial charge in [0.05, 0.1) is 6.61 Å². The van der Waals surface area contributed by atoms with Crippen LogP contribution in [0.5, 0.6) is 5.75 Å². The quantitative estimate of drug-likeness (QED) is 0.123. The minimum Gasteiger partial charge on any atom is -0.493 e. The Morgan fingerprint density at radius 3 is 2.26 bits per heavy atom. The predicted molar refractivity (Wildman–Crippen MR) is 186 cm³/mol. The fourth-order valence-corrected chi connectivity index (χ4v) is 5.74. The maximum Gasteiger partial charge on any atom is 0.323 e. The van der Waals surface area contributed by atoms with Gasteiger partial charge in [-0.1, -0.05) is 88.4 Å². The number of urea groups is 1. The summed E-state index contributed by atoms with van der Waals surface area (Å²) in [5, 5.41) is 16.0. The number of pyridine rings is 2. The molecule has 0 aliphatic rings. The number of para-hydroxylation sites is 1. The molecule has 5 rings (SSSR count). The molecule has 0 saturated heterocycles. The van der Waals surface area contributed by atoms with Crippen molar-refractivity contribution < 1.29 is 14.6 Å². The highest BCUT2D eigenvalue weighted by Gasteiger charge is 2.23. The molecule has 2 aromatic heterocycles. The molecule has 0 spiro atoms. The van der Waals surface area contributed by atoms with Gasteiger partial charge in [-0.05, 0) is 64.8 Å². The van der Waals surface area contributed by atoms with Gasteiger partial charge in [0, 0.05) is 42.4 Å². The summed E-state index contributed by atoms with van der Waals surface area (Å²) in [6.45, 7) is 9.14. The molecule has 2 heterocycles. The van der Waals surface area contributed by atoms with E-state index in [1.807, 2.05) is 84.9 Å². The molecule has 3 aromatic carbocycles. The van der Waals surface area contributed by atoms with Crippen LogP contribution in [0, 0.1) is 0 Å². The lowest BCUT2D eigenvalue weighted by atomic mass is 9.93. The lowest BCUT2D eigenvalue weighted by Gasteiger charge is -2.22. The number of hydrogen-bond donors (Lipinski definition) is 3. The summed E-state index contributed by atoms with van der Waals surface area (Å²) in [6, 6.07) is 26.7. The van der Waals surface area contributed by atoms with E-state index in [0.717, 1.165) is 27.8 Å². The van der Waals surface area contributed by atoms with Crippen molar-refractivity contribution in [3.63, 3.8) is 0 Å². The fourth-order valence-electron chi connectivity index (χ4n) is 5.74. The van der Waals surface area contributed by atoms with Crippen molar-refractivity contribution in [3.05, 3.63) is 118 Å². The second-order valence-electron chi connectivity index (χ2n) is 12.0. The molecule has 0 unspecified atom stereocenters. The fraction of sp³-hybridized carbons (Fsp3) is 0.289. The van der Waals surface area contributed by atoms with Crippen LogP contribution >= 0.6 is 0 Å². The van der Waals surface area contributed by atoms with E-state index < -0.39 is 6.03 Å². The van der Waals surface area contributed by atoms with Gasteiger partial charge in [0.1, 0.15) is 17.1 Å². The average molecular weight is 619 g/mol. The number of fused-ring (bicyclic) bond motifs is 1. The largest absolute Gasteiger partial charge is 0.493 e. The highest BCUT2D eigenvalue weighted by Crippen LogP contribution is 2.36. The van der Waals surface area contributed by atoms with Crippen LogP contribution in [0.1, 0.15) is 62.6 Å². The maximum absolute atomic E-state index is 14.5. The first kappa shape index (κ1) is 32.4. The van der Waals surface area contributed by atoms with Crippen molar-refractivity contribution in [3.8, 4) is 16.9 Å². The van der Waals surface area contributed by atoms with Crippen molar-refractivity contribution in [2.24, 2.45) is 0 Å². The standard InChI is InChI=1S/C38H42N4O4/c1-25(2)30-16-9-17-31(26(3)4)34(30)40-38(45)41-35-33(28-14-8-15-29(24-28)46-23-11-22-43)32-18-10-20-39-36(32)42(37(35)44)21-19-27-12-6-5-7-13-27/h5-10,12-18,20,24-26,43H,11,19,21-23H2,1-4H3,(H2,40,41,45). The van der Waals surface area contributed by atoms with Crippen LogP contribution in [0.15, 0.2) is 95.9 Å². The minimum absolute atomic E-state index is 0.0266. The SMILES string of the molecule is CC(C)c1cccc(C(C)C)c1NC(=O)Nc1c(-c2cccc(OCCCO)c2)c2cccnc2n(CCc2ccccc2)c1=O. The number of carbonyl (C=O) groups is 1. The second-order valence-corrected chi connectivity index (χ2v) is 12.0. The Balaban J connectivity index is 1.64. The molecule has 8 heteroatoms. The molecule has 238 valence electrons. The molecule has 0 fully saturated rings. The molecule has 5 aromatic rings. The molecule has 0 atom stereocenters. The third kappa shape index (κ3) is 7.29. The Bertz CT molecular complexity index is 1840. The van der Waals surface area contributed by atoms with Crippen molar-refractivity contribution in [2.75, 3.05) is 23.8 Å². The highest BCUT2D eigenvalue weighted by molar-refractivity contribution is 6.07. The van der Waals surface area contributed by atoms with Crippen LogP contribution in [0.25, 0.3) is 22.2 Å². The number of ether oxygens (including phenoxy) is 1. The molecule has 0 bridgehead atoms. The number of aryl methyl sites for hydroxylation is 2. The van der Waals surface area contributed by atoms with E-state index in [-0.39, 0.29) is 29.7 Å². The Morgan fingerprint density at radius 1 is 0.870 bits per heavy atom. The summed E-state index contributed by atoms with van der Waals surface area (Å²) in [5.41, 5.74) is 5.51. The van der Waals surface area contributed by atoms with E-state index in [9.17, 15) is 14.7 Å². The number of nitrogens with zero attached hydrogens (tertiary/aromatic N) is 2. The van der Waals surface area contributed by atoms with Gasteiger partial charge in [-0.2, -0.15) is 0 Å². The van der Waals surface area contributed by atoms with Crippen LogP contribution < -0.4 is 20.9 Å². The number of aliphatic hydroxyl groups excluding tert-OH is 1. The van der Waals surface area contributed by atoms with Crippen molar-refractivity contribution in [1.82, 2.24) is 9.55 Å². The number of carbonyl (C=O) groups excluding carboxylic acids is 1. The highest BCUT2D eigenvalue weighted by atomic mass is 16.5. The number of amides is 2. The van der Waals surface area contributed by atoms with Crippen LogP contribution in [0.3, 0.4) is 0 Å². The third-order valence-electron chi connectivity index (χ3n) is 8.03. The lowest BCUT2D eigenvalue weighted by molar-refractivity contribution is 0.233. The van der Waals surface area contributed by atoms with E-state index in [0.29, 0.717) is 48.5 Å². The number of anilines is 2. The first-order valence-electron chi connectivity index (χ1n) is 15.9. The van der Waals surface area contributed by atoms with E-state index in [2.05, 4.69) is 43.3 Å². The molecule has 0 aliphatic heterocycles. The molecule has 3 N–H and O–H groups in total. The summed E-state index contributed by atoms with van der Waals surface area (Å²) >= 11 is 0. The van der Waals surface area contributed by atoms with E-state index in [4.69, 9.17) is 4.74 Å². The van der Waals surface area contributed by atoms with E-state index in [1.54, 1.807) is 10.8 Å². The zero-order chi connectivity index (χ0) is 32.6. The van der Waals surface area contributed by atoms with E-state index >= 15 is 0 Å². The van der Waals surface area contributed by atoms with Gasteiger partial charge >= 0.3 is 6.03 Å². The number of benzene rings is 3. The summed E-state index contributed by atoms with van der Waals surface area (Å²) in [7, 11) is 0. The first-order chi connectivity index (χ1) is 22.3. The summed E-state index contributed by atoms with van der Waals surface area (Å²) in [5.74, 6) is 0.958. The lowest BCUT2D eigenvalue weighted by Crippen LogP contribution is -2.30. The van der Waals surface area contributed by atoms with Crippen LogP contribution in [0.4, 0.5) is 16.2 Å². The van der Waals surface area contributed by atoms with Crippen LogP contribution in [-0.2, 0) is 13.0 Å². The molecule has 0 aliphatic carbocycles. The number of nitrogens with one attached hydrogen (secondary N) is 2. The smallest absolute Gasteiger partial charge is 0.323 e. The first-order valence-corrected chi connectivity index (χ1v) is 15.9. The van der Waals surface area contributed by atoms with Gasteiger partial charge in [-0.3, -0.25) is 9.36 Å². The van der Waals surface area contributed by atoms with Gasteiger partial charge in [0.25, 0.3) is 5.56 Å². The number of rotatable bonds is 12. The summed E-state index contributed by atoms with van der Waals surface area (Å²) < 4.78 is 7.52. The van der Waals surface area contributed by atoms with Gasteiger partial charge < -0.3 is 20.5 Å². The number of hydrogen-bond acceptors (Lipinski definition) is 5. The van der Waals surface area contributed by atoms with Crippen LogP contribution in [-0.4, -0.2) is 33.9 Å². The van der Waals surface area contributed by atoms with Gasteiger partial charge in [0.15, 0.2) is 0 Å². The molecule has 46 heavy (non-hydrogen) atoms. The van der Waals surface area contributed by atoms with Crippen molar-refractivity contribution in [2.45, 2.75) is 58.9 Å². The third-order valence-corrected chi connectivity index (χ3v) is 8.03. The van der Waals surface area contributed by atoms with Crippen LogP contribution in [0.2, 0.25) is 0 Å². The van der Waals surface area contributed by atoms with Gasteiger partial charge in [-0.25, -0.2) is 9.78 Å². The summed E-state index contributed by atoms with van der Waals surface area (Å²) in [4.78, 5) is 33.0. The molecule has 2 amide bonds. The Morgan fingerprint density at radius 2 is 1.57 bits per heavy atom. The molecular formula is C38H42N4O4. The molecule has 0 saturated carbocycles. The normalized spacial score (nSPS) is 11.3. The summed E-state index contributed by atoms with van der Waals surface area (Å²) in [6.07, 6.45) is 2.79. The zero-order valence-electron chi connectivity index (χ0n) is 26.9. The number of aromatic nitrogens is 2. The second kappa shape index (κ2) is 14.9. The number of aliphatic hydroxyl groups is 1. The Labute approximate surface area is 270 Å². The van der Waals surface area contributed by atoms with E-state index in [1.165, 1.54) is 0 Å². The topological polar surface area (TPSA) is 105 Å². The maximum atomic E-state index is 14.5. The Kier molecular flexibility index (Phi) is 10.5. The molecular weight excluding hydrogens is 576 g/mol. The molecule has 0 radical (unpaired) electrons. The van der Waals surface area contributed by atoms with Crippen molar-refractivity contribution >= 4 is 28.4 Å². The molecule has 8 nitrogen and oxygen atoms in total. The zero-order valence-corrected chi connectivity index (χ0v) is 26.9. The predicted octanol–water partition coefficient (Wildman–Crippen LogP) is 7.96.